The number of ether oxygens (including phenoxy) is 2. The average Bonchev–Trinajstić information content (AvgIpc) is 3.16. The standard InChI is InChI=1S/C21H23NO5S/c1-26-21(25)17(11-14-7-3-2-4-8-14)22-19(23)12-27-20(24)16-13-28-18-10-6-5-9-15(16)18/h2-4,7-8,13,17H,5-6,9-12H2,1H3,(H,22,23). The highest BCUT2D eigenvalue weighted by Gasteiger charge is 2.24. The summed E-state index contributed by atoms with van der Waals surface area (Å²) in [5, 5.41) is 4.40. The van der Waals surface area contributed by atoms with Crippen molar-refractivity contribution in [3.8, 4) is 0 Å². The second kappa shape index (κ2) is 9.50. The number of carbonyl (C=O) groups excluding carboxylic acids is 3. The van der Waals surface area contributed by atoms with Crippen LogP contribution in [0.4, 0.5) is 0 Å². The van der Waals surface area contributed by atoms with Crippen molar-refractivity contribution in [1.29, 1.82) is 0 Å². The van der Waals surface area contributed by atoms with Crippen LogP contribution in [0.25, 0.3) is 0 Å². The molecule has 0 saturated heterocycles. The molecule has 1 aliphatic carbocycles. The van der Waals surface area contributed by atoms with Gasteiger partial charge >= 0.3 is 11.9 Å². The third-order valence-electron chi connectivity index (χ3n) is 4.72. The average molecular weight is 401 g/mol. The predicted octanol–water partition coefficient (Wildman–Crippen LogP) is 2.68. The van der Waals surface area contributed by atoms with E-state index in [1.54, 1.807) is 11.3 Å². The zero-order valence-electron chi connectivity index (χ0n) is 15.7. The number of benzene rings is 1. The van der Waals surface area contributed by atoms with Crippen molar-refractivity contribution in [1.82, 2.24) is 5.32 Å². The van der Waals surface area contributed by atoms with Crippen LogP contribution in [0.3, 0.4) is 0 Å². The highest BCUT2D eigenvalue weighted by Crippen LogP contribution is 2.30. The molecule has 0 aliphatic heterocycles. The van der Waals surface area contributed by atoms with E-state index in [-0.39, 0.29) is 0 Å². The second-order valence-electron chi connectivity index (χ2n) is 6.67. The summed E-state index contributed by atoms with van der Waals surface area (Å²) in [6, 6.07) is 8.47. The molecule has 1 aromatic heterocycles. The maximum atomic E-state index is 12.4. The Kier molecular flexibility index (Phi) is 6.81. The topological polar surface area (TPSA) is 81.7 Å². The first kappa shape index (κ1) is 20.1. The summed E-state index contributed by atoms with van der Waals surface area (Å²) < 4.78 is 9.95. The number of thiophene rings is 1. The van der Waals surface area contributed by atoms with Gasteiger partial charge < -0.3 is 14.8 Å². The number of methoxy groups -OCH3 is 1. The monoisotopic (exact) mass is 401 g/mol. The van der Waals surface area contributed by atoms with E-state index in [0.29, 0.717) is 12.0 Å². The SMILES string of the molecule is COC(=O)C(Cc1ccccc1)NC(=O)COC(=O)c1csc2c1CCCC2. The zero-order valence-corrected chi connectivity index (χ0v) is 16.6. The maximum Gasteiger partial charge on any atom is 0.339 e. The third kappa shape index (κ3) is 4.98. The van der Waals surface area contributed by atoms with E-state index in [0.717, 1.165) is 36.8 Å². The molecule has 0 radical (unpaired) electrons. The fraction of sp³-hybridized carbons (Fsp3) is 0.381. The number of aryl methyl sites for hydroxylation is 1. The summed E-state index contributed by atoms with van der Waals surface area (Å²) >= 11 is 1.57. The van der Waals surface area contributed by atoms with Crippen LogP contribution in [0.5, 0.6) is 0 Å². The first-order valence-corrected chi connectivity index (χ1v) is 10.1. The van der Waals surface area contributed by atoms with E-state index in [4.69, 9.17) is 9.47 Å². The lowest BCUT2D eigenvalue weighted by Gasteiger charge is -2.17. The van der Waals surface area contributed by atoms with Gasteiger partial charge in [0.2, 0.25) is 0 Å². The summed E-state index contributed by atoms with van der Waals surface area (Å²) in [5.74, 6) is -1.58. The Labute approximate surface area is 167 Å². The van der Waals surface area contributed by atoms with E-state index in [1.807, 2.05) is 35.7 Å². The number of nitrogens with one attached hydrogen (secondary N) is 1. The van der Waals surface area contributed by atoms with E-state index < -0.39 is 30.5 Å². The molecule has 28 heavy (non-hydrogen) atoms. The van der Waals surface area contributed by atoms with Gasteiger partial charge in [-0.15, -0.1) is 11.3 Å². The van der Waals surface area contributed by atoms with Crippen LogP contribution in [0.1, 0.15) is 39.2 Å². The van der Waals surface area contributed by atoms with Gasteiger partial charge in [-0.3, -0.25) is 4.79 Å². The van der Waals surface area contributed by atoms with Gasteiger partial charge in [0.15, 0.2) is 6.61 Å². The quantitative estimate of drug-likeness (QED) is 0.722. The molecule has 1 aliphatic rings. The van der Waals surface area contributed by atoms with Gasteiger partial charge in [0.25, 0.3) is 5.91 Å². The van der Waals surface area contributed by atoms with Crippen LogP contribution in [-0.2, 0) is 38.3 Å². The van der Waals surface area contributed by atoms with E-state index >= 15 is 0 Å². The van der Waals surface area contributed by atoms with Gasteiger partial charge in [-0.1, -0.05) is 30.3 Å². The molecule has 1 aromatic carbocycles. The van der Waals surface area contributed by atoms with Gasteiger partial charge in [-0.2, -0.15) is 0 Å². The van der Waals surface area contributed by atoms with E-state index in [9.17, 15) is 14.4 Å². The Morgan fingerprint density at radius 2 is 1.89 bits per heavy atom. The number of rotatable bonds is 7. The molecule has 1 atom stereocenters. The molecule has 0 saturated carbocycles. The number of carbonyl (C=O) groups is 3. The first-order valence-electron chi connectivity index (χ1n) is 9.26. The molecule has 7 heteroatoms. The lowest BCUT2D eigenvalue weighted by atomic mass is 9.96. The first-order chi connectivity index (χ1) is 13.6. The molecule has 6 nitrogen and oxygen atoms in total. The van der Waals surface area contributed by atoms with Crippen molar-refractivity contribution in [3.05, 3.63) is 57.3 Å². The highest BCUT2D eigenvalue weighted by atomic mass is 32.1. The molecule has 1 N–H and O–H groups in total. The largest absolute Gasteiger partial charge is 0.467 e. The predicted molar refractivity (Wildman–Crippen MR) is 105 cm³/mol. The van der Waals surface area contributed by atoms with Gasteiger partial charge in [-0.25, -0.2) is 9.59 Å². The Bertz CT molecular complexity index is 846. The van der Waals surface area contributed by atoms with Crippen LogP contribution in [-0.4, -0.2) is 37.6 Å². The van der Waals surface area contributed by atoms with E-state index in [2.05, 4.69) is 5.32 Å². The van der Waals surface area contributed by atoms with Crippen molar-refractivity contribution >= 4 is 29.2 Å². The Balaban J connectivity index is 1.56. The van der Waals surface area contributed by atoms with Crippen LogP contribution < -0.4 is 5.32 Å². The smallest absolute Gasteiger partial charge is 0.339 e. The Morgan fingerprint density at radius 3 is 2.64 bits per heavy atom. The second-order valence-corrected chi connectivity index (χ2v) is 7.63. The van der Waals surface area contributed by atoms with Gasteiger partial charge in [0, 0.05) is 16.7 Å². The lowest BCUT2D eigenvalue weighted by molar-refractivity contribution is -0.145. The van der Waals surface area contributed by atoms with E-state index in [1.165, 1.54) is 12.0 Å². The minimum Gasteiger partial charge on any atom is -0.467 e. The minimum atomic E-state index is -0.840. The highest BCUT2D eigenvalue weighted by molar-refractivity contribution is 7.10. The molecule has 3 rings (SSSR count). The number of amides is 1. The summed E-state index contributed by atoms with van der Waals surface area (Å²) in [7, 11) is 1.27. The van der Waals surface area contributed by atoms with Gasteiger partial charge in [0.05, 0.1) is 12.7 Å². The summed E-state index contributed by atoms with van der Waals surface area (Å²) in [5.41, 5.74) is 2.50. The normalized spacial score (nSPS) is 13.9. The van der Waals surface area contributed by atoms with Crippen molar-refractivity contribution in [2.24, 2.45) is 0 Å². The number of hydrogen-bond acceptors (Lipinski definition) is 6. The molecule has 1 heterocycles. The number of esters is 2. The van der Waals surface area contributed by atoms with Crippen molar-refractivity contribution in [2.75, 3.05) is 13.7 Å². The van der Waals surface area contributed by atoms with Crippen LogP contribution in [0.15, 0.2) is 35.7 Å². The zero-order chi connectivity index (χ0) is 19.9. The van der Waals surface area contributed by atoms with Crippen molar-refractivity contribution < 1.29 is 23.9 Å². The summed E-state index contributed by atoms with van der Waals surface area (Å²) in [4.78, 5) is 37.8. The molecule has 2 aromatic rings. The molecule has 148 valence electrons. The minimum absolute atomic E-state index is 0.297. The van der Waals surface area contributed by atoms with Crippen LogP contribution in [0, 0.1) is 0 Å². The van der Waals surface area contributed by atoms with Crippen molar-refractivity contribution in [3.63, 3.8) is 0 Å². The molecule has 1 amide bonds. The fourth-order valence-electron chi connectivity index (χ4n) is 3.30. The molecular formula is C21H23NO5S. The van der Waals surface area contributed by atoms with Gasteiger partial charge in [-0.05, 0) is 36.8 Å². The molecule has 1 unspecified atom stereocenters. The van der Waals surface area contributed by atoms with Crippen molar-refractivity contribution in [2.45, 2.75) is 38.1 Å². The van der Waals surface area contributed by atoms with Gasteiger partial charge in [0.1, 0.15) is 6.04 Å². The summed E-state index contributed by atoms with van der Waals surface area (Å²) in [6.45, 7) is -0.439. The fourth-order valence-corrected chi connectivity index (χ4v) is 4.41. The Morgan fingerprint density at radius 1 is 1.14 bits per heavy atom. The Hall–Kier alpha value is -2.67. The molecular weight excluding hydrogens is 378 g/mol. The lowest BCUT2D eigenvalue weighted by Crippen LogP contribution is -2.44. The number of fused-ring (bicyclic) bond motifs is 1. The van der Waals surface area contributed by atoms with Crippen LogP contribution >= 0.6 is 11.3 Å². The number of hydrogen-bond donors (Lipinski definition) is 1. The maximum absolute atomic E-state index is 12.4. The summed E-state index contributed by atoms with van der Waals surface area (Å²) in [6.07, 6.45) is 4.36. The third-order valence-corrected chi connectivity index (χ3v) is 5.81. The molecule has 0 bridgehead atoms. The van der Waals surface area contributed by atoms with Crippen LogP contribution in [0.2, 0.25) is 0 Å². The molecule has 0 fully saturated rings. The molecule has 0 spiro atoms.